The second-order valence-corrected chi connectivity index (χ2v) is 7.09. The lowest BCUT2D eigenvalue weighted by Gasteiger charge is -2.32. The van der Waals surface area contributed by atoms with E-state index in [0.29, 0.717) is 6.04 Å². The fraction of sp³-hybridized carbons (Fsp3) is 1.00. The number of nitrogens with one attached hydrogen (secondary N) is 1. The number of rotatable bonds is 7. The molecule has 0 aliphatic heterocycles. The number of hydrogen-bond donors (Lipinski definition) is 1. The third-order valence-corrected chi connectivity index (χ3v) is 5.26. The molecule has 0 aromatic heterocycles. The second-order valence-electron chi connectivity index (χ2n) is 7.09. The van der Waals surface area contributed by atoms with E-state index in [9.17, 15) is 0 Å². The van der Waals surface area contributed by atoms with Crippen molar-refractivity contribution in [1.29, 1.82) is 0 Å². The molecule has 106 valence electrons. The van der Waals surface area contributed by atoms with E-state index in [0.717, 1.165) is 30.7 Å². The minimum atomic E-state index is 0.00442. The smallest absolute Gasteiger partial charge is 0.0637 e. The fourth-order valence-electron chi connectivity index (χ4n) is 4.23. The molecule has 2 aliphatic carbocycles. The van der Waals surface area contributed by atoms with Gasteiger partial charge in [-0.25, -0.2) is 0 Å². The molecular formula is C16H31NO. The lowest BCUT2D eigenvalue weighted by Crippen LogP contribution is -2.39. The summed E-state index contributed by atoms with van der Waals surface area (Å²) in [5.74, 6) is 3.10. The van der Waals surface area contributed by atoms with Crippen LogP contribution in [0.3, 0.4) is 0 Å². The Morgan fingerprint density at radius 3 is 2.56 bits per heavy atom. The Morgan fingerprint density at radius 2 is 2.06 bits per heavy atom. The van der Waals surface area contributed by atoms with Crippen molar-refractivity contribution in [2.75, 3.05) is 13.7 Å². The molecule has 2 heteroatoms. The first-order valence-electron chi connectivity index (χ1n) is 7.82. The highest BCUT2D eigenvalue weighted by Crippen LogP contribution is 2.50. The highest BCUT2D eigenvalue weighted by molar-refractivity contribution is 4.92. The normalized spacial score (nSPS) is 33.0. The van der Waals surface area contributed by atoms with Crippen LogP contribution >= 0.6 is 0 Å². The minimum absolute atomic E-state index is 0.00442. The molecule has 2 rings (SSSR count). The zero-order valence-electron chi connectivity index (χ0n) is 12.7. The van der Waals surface area contributed by atoms with E-state index < -0.39 is 0 Å². The summed E-state index contributed by atoms with van der Waals surface area (Å²) in [6.45, 7) is 7.70. The molecule has 18 heavy (non-hydrogen) atoms. The van der Waals surface area contributed by atoms with Gasteiger partial charge in [-0.2, -0.15) is 0 Å². The van der Waals surface area contributed by atoms with Gasteiger partial charge in [-0.15, -0.1) is 0 Å². The average Bonchev–Trinajstić information content (AvgIpc) is 2.91. The summed E-state index contributed by atoms with van der Waals surface area (Å²) < 4.78 is 5.60. The average molecular weight is 253 g/mol. The molecule has 4 unspecified atom stereocenters. The Labute approximate surface area is 113 Å². The van der Waals surface area contributed by atoms with E-state index in [1.165, 1.54) is 32.1 Å². The third kappa shape index (κ3) is 3.48. The van der Waals surface area contributed by atoms with Gasteiger partial charge in [0.15, 0.2) is 0 Å². The maximum atomic E-state index is 5.60. The fourth-order valence-corrected chi connectivity index (χ4v) is 4.23. The molecular weight excluding hydrogens is 222 g/mol. The summed E-state index contributed by atoms with van der Waals surface area (Å²) in [6, 6.07) is 0.634. The maximum absolute atomic E-state index is 5.60. The van der Waals surface area contributed by atoms with Crippen molar-refractivity contribution in [3.63, 3.8) is 0 Å². The van der Waals surface area contributed by atoms with Crippen LogP contribution in [0.15, 0.2) is 0 Å². The van der Waals surface area contributed by atoms with Gasteiger partial charge in [0.1, 0.15) is 0 Å². The molecule has 0 saturated heterocycles. The largest absolute Gasteiger partial charge is 0.379 e. The van der Waals surface area contributed by atoms with Crippen LogP contribution in [0.5, 0.6) is 0 Å². The molecule has 1 N–H and O–H groups in total. The van der Waals surface area contributed by atoms with Gasteiger partial charge in [-0.05, 0) is 70.3 Å². The van der Waals surface area contributed by atoms with Gasteiger partial charge < -0.3 is 10.1 Å². The van der Waals surface area contributed by atoms with E-state index >= 15 is 0 Å². The molecule has 2 aliphatic rings. The summed E-state index contributed by atoms with van der Waals surface area (Å²) in [5, 5.41) is 3.68. The molecule has 0 spiro atoms. The van der Waals surface area contributed by atoms with Crippen molar-refractivity contribution in [2.45, 2.75) is 70.9 Å². The molecule has 2 bridgehead atoms. The number of methoxy groups -OCH3 is 1. The van der Waals surface area contributed by atoms with E-state index in [1.807, 2.05) is 7.11 Å². The molecule has 2 nitrogen and oxygen atoms in total. The first-order valence-corrected chi connectivity index (χ1v) is 7.82. The number of fused-ring (bicyclic) bond motifs is 2. The minimum Gasteiger partial charge on any atom is -0.379 e. The highest BCUT2D eigenvalue weighted by atomic mass is 16.5. The monoisotopic (exact) mass is 253 g/mol. The van der Waals surface area contributed by atoms with Crippen LogP contribution < -0.4 is 5.32 Å². The molecule has 0 amide bonds. The third-order valence-electron chi connectivity index (χ3n) is 5.26. The summed E-state index contributed by atoms with van der Waals surface area (Å²) in [7, 11) is 1.83. The van der Waals surface area contributed by atoms with Gasteiger partial charge in [0.25, 0.3) is 0 Å². The standard InChI is InChI=1S/C16H31NO/c1-5-17-15(11-16(2,3)18-4)10-14-9-12-6-7-13(14)8-12/h12-15,17H,5-11H2,1-4H3. The van der Waals surface area contributed by atoms with Gasteiger partial charge in [0, 0.05) is 13.2 Å². The topological polar surface area (TPSA) is 21.3 Å². The SMILES string of the molecule is CCNC(CC1CC2CCC1C2)CC(C)(C)OC. The Bertz CT molecular complexity index is 264. The number of hydrogen-bond acceptors (Lipinski definition) is 2. The highest BCUT2D eigenvalue weighted by Gasteiger charge is 2.40. The van der Waals surface area contributed by atoms with Crippen LogP contribution in [0.1, 0.15) is 59.3 Å². The first-order chi connectivity index (χ1) is 8.54. The van der Waals surface area contributed by atoms with E-state index in [2.05, 4.69) is 26.1 Å². The zero-order valence-corrected chi connectivity index (χ0v) is 12.7. The molecule has 0 radical (unpaired) electrons. The number of ether oxygens (including phenoxy) is 1. The van der Waals surface area contributed by atoms with Crippen molar-refractivity contribution < 1.29 is 4.74 Å². The Balaban J connectivity index is 1.86. The van der Waals surface area contributed by atoms with Gasteiger partial charge >= 0.3 is 0 Å². The van der Waals surface area contributed by atoms with E-state index in [1.54, 1.807) is 0 Å². The van der Waals surface area contributed by atoms with E-state index in [-0.39, 0.29) is 5.60 Å². The van der Waals surface area contributed by atoms with Crippen LogP contribution in [-0.2, 0) is 4.74 Å². The molecule has 0 aromatic carbocycles. The van der Waals surface area contributed by atoms with Gasteiger partial charge in [0.2, 0.25) is 0 Å². The molecule has 0 heterocycles. The van der Waals surface area contributed by atoms with E-state index in [4.69, 9.17) is 4.74 Å². The van der Waals surface area contributed by atoms with Crippen LogP contribution in [0.2, 0.25) is 0 Å². The van der Waals surface area contributed by atoms with Crippen molar-refractivity contribution in [3.05, 3.63) is 0 Å². The lowest BCUT2D eigenvalue weighted by atomic mass is 9.82. The van der Waals surface area contributed by atoms with Crippen LogP contribution in [0.25, 0.3) is 0 Å². The zero-order chi connectivity index (χ0) is 13.2. The summed E-state index contributed by atoms with van der Waals surface area (Å²) in [6.07, 6.45) is 8.53. The summed E-state index contributed by atoms with van der Waals surface area (Å²) in [5.41, 5.74) is 0.00442. The van der Waals surface area contributed by atoms with Crippen LogP contribution in [0.4, 0.5) is 0 Å². The Kier molecular flexibility index (Phi) is 4.71. The van der Waals surface area contributed by atoms with Gasteiger partial charge in [-0.1, -0.05) is 13.3 Å². The maximum Gasteiger partial charge on any atom is 0.0637 e. The molecule has 0 aromatic rings. The van der Waals surface area contributed by atoms with Crippen molar-refractivity contribution in [1.82, 2.24) is 5.32 Å². The second kappa shape index (κ2) is 5.92. The van der Waals surface area contributed by atoms with Crippen molar-refractivity contribution in [2.24, 2.45) is 17.8 Å². The summed E-state index contributed by atoms with van der Waals surface area (Å²) >= 11 is 0. The lowest BCUT2D eigenvalue weighted by molar-refractivity contribution is 0.00436. The summed E-state index contributed by atoms with van der Waals surface area (Å²) in [4.78, 5) is 0. The predicted octanol–water partition coefficient (Wildman–Crippen LogP) is 3.61. The molecule has 4 atom stereocenters. The van der Waals surface area contributed by atoms with Crippen molar-refractivity contribution >= 4 is 0 Å². The first kappa shape index (κ1) is 14.3. The quantitative estimate of drug-likeness (QED) is 0.748. The van der Waals surface area contributed by atoms with Crippen molar-refractivity contribution in [3.8, 4) is 0 Å². The van der Waals surface area contributed by atoms with Gasteiger partial charge in [-0.3, -0.25) is 0 Å². The molecule has 2 fully saturated rings. The van der Waals surface area contributed by atoms with Crippen LogP contribution in [-0.4, -0.2) is 25.3 Å². The Hall–Kier alpha value is -0.0800. The molecule has 2 saturated carbocycles. The van der Waals surface area contributed by atoms with Crippen LogP contribution in [0, 0.1) is 17.8 Å². The Morgan fingerprint density at radius 1 is 1.28 bits per heavy atom. The van der Waals surface area contributed by atoms with Gasteiger partial charge in [0.05, 0.1) is 5.60 Å². The predicted molar refractivity (Wildman–Crippen MR) is 76.7 cm³/mol.